The molecule has 1 aromatic carbocycles. The number of rotatable bonds is 4. The molecule has 1 saturated heterocycles. The Morgan fingerprint density at radius 1 is 1.15 bits per heavy atom. The van der Waals surface area contributed by atoms with Crippen LogP contribution in [0.2, 0.25) is 0 Å². The van der Waals surface area contributed by atoms with E-state index in [0.717, 1.165) is 32.0 Å². The molecule has 0 aliphatic carbocycles. The number of nitrogens with zero attached hydrogens (tertiary/aromatic N) is 3. The molecule has 138 valence electrons. The second-order valence-corrected chi connectivity index (χ2v) is 6.54. The number of aryl methyl sites for hydroxylation is 1. The van der Waals surface area contributed by atoms with Crippen LogP contribution in [0.3, 0.4) is 0 Å². The first-order valence-electron chi connectivity index (χ1n) is 8.49. The maximum atomic E-state index is 14.3. The SMILES string of the molecule is CN1CCC(O/N=C(/c2ccc(=O)n(C)c2)c2ccc(F)cc2F)CC1. The third-order valence-electron chi connectivity index (χ3n) is 4.50. The molecule has 0 saturated carbocycles. The van der Waals surface area contributed by atoms with Gasteiger partial charge in [-0.1, -0.05) is 5.16 Å². The number of pyridine rings is 1. The van der Waals surface area contributed by atoms with Crippen LogP contribution in [0, 0.1) is 11.6 Å². The Morgan fingerprint density at radius 3 is 2.54 bits per heavy atom. The van der Waals surface area contributed by atoms with Crippen molar-refractivity contribution < 1.29 is 13.6 Å². The van der Waals surface area contributed by atoms with Gasteiger partial charge in [-0.05, 0) is 38.1 Å². The maximum Gasteiger partial charge on any atom is 0.250 e. The average Bonchev–Trinajstić information content (AvgIpc) is 2.61. The molecular formula is C19H21F2N3O2. The van der Waals surface area contributed by atoms with Gasteiger partial charge in [-0.15, -0.1) is 0 Å². The molecule has 26 heavy (non-hydrogen) atoms. The van der Waals surface area contributed by atoms with Crippen molar-refractivity contribution in [3.63, 3.8) is 0 Å². The maximum absolute atomic E-state index is 14.3. The van der Waals surface area contributed by atoms with Gasteiger partial charge in [0, 0.05) is 49.6 Å². The molecule has 5 nitrogen and oxygen atoms in total. The Hall–Kier alpha value is -2.54. The Balaban J connectivity index is 1.96. The zero-order chi connectivity index (χ0) is 18.7. The average molecular weight is 361 g/mol. The third-order valence-corrected chi connectivity index (χ3v) is 4.50. The molecule has 1 fully saturated rings. The van der Waals surface area contributed by atoms with Gasteiger partial charge >= 0.3 is 0 Å². The van der Waals surface area contributed by atoms with E-state index >= 15 is 0 Å². The van der Waals surface area contributed by atoms with Crippen LogP contribution in [0.25, 0.3) is 0 Å². The van der Waals surface area contributed by atoms with E-state index in [4.69, 9.17) is 4.84 Å². The summed E-state index contributed by atoms with van der Waals surface area (Å²) in [7, 11) is 3.64. The summed E-state index contributed by atoms with van der Waals surface area (Å²) in [5.74, 6) is -1.40. The molecular weight excluding hydrogens is 340 g/mol. The molecule has 0 amide bonds. The summed E-state index contributed by atoms with van der Waals surface area (Å²) >= 11 is 0. The number of halogens is 2. The summed E-state index contributed by atoms with van der Waals surface area (Å²) in [5, 5.41) is 4.19. The minimum Gasteiger partial charge on any atom is -0.392 e. The fraction of sp³-hybridized carbons (Fsp3) is 0.368. The minimum absolute atomic E-state index is 0.0581. The summed E-state index contributed by atoms with van der Waals surface area (Å²) in [5.41, 5.74) is 0.685. The lowest BCUT2D eigenvalue weighted by molar-refractivity contribution is 0.0163. The zero-order valence-corrected chi connectivity index (χ0v) is 14.8. The van der Waals surface area contributed by atoms with Crippen LogP contribution in [0.4, 0.5) is 8.78 Å². The molecule has 7 heteroatoms. The normalized spacial score (nSPS) is 16.7. The Bertz CT molecular complexity index is 871. The number of likely N-dealkylation sites (tertiary alicyclic amines) is 1. The predicted molar refractivity (Wildman–Crippen MR) is 95.3 cm³/mol. The van der Waals surface area contributed by atoms with Gasteiger partial charge in [0.05, 0.1) is 0 Å². The van der Waals surface area contributed by atoms with Crippen LogP contribution in [0.1, 0.15) is 24.0 Å². The summed E-state index contributed by atoms with van der Waals surface area (Å²) in [4.78, 5) is 19.5. The molecule has 1 aliphatic heterocycles. The van der Waals surface area contributed by atoms with Gasteiger partial charge in [-0.3, -0.25) is 4.79 Å². The van der Waals surface area contributed by atoms with Crippen molar-refractivity contribution in [3.05, 3.63) is 69.6 Å². The number of hydrogen-bond donors (Lipinski definition) is 0. The second kappa shape index (κ2) is 7.78. The van der Waals surface area contributed by atoms with E-state index < -0.39 is 11.6 Å². The second-order valence-electron chi connectivity index (χ2n) is 6.54. The van der Waals surface area contributed by atoms with Crippen LogP contribution in [-0.2, 0) is 11.9 Å². The third kappa shape index (κ3) is 4.16. The van der Waals surface area contributed by atoms with Gasteiger partial charge in [-0.25, -0.2) is 8.78 Å². The summed E-state index contributed by atoms with van der Waals surface area (Å²) in [6.45, 7) is 1.81. The quantitative estimate of drug-likeness (QED) is 0.621. The zero-order valence-electron chi connectivity index (χ0n) is 14.8. The highest BCUT2D eigenvalue weighted by atomic mass is 19.1. The van der Waals surface area contributed by atoms with Crippen LogP contribution in [0.5, 0.6) is 0 Å². The van der Waals surface area contributed by atoms with Crippen molar-refractivity contribution in [1.29, 1.82) is 0 Å². The first kappa shape index (κ1) is 18.3. The largest absolute Gasteiger partial charge is 0.392 e. The highest BCUT2D eigenvalue weighted by molar-refractivity contribution is 6.12. The smallest absolute Gasteiger partial charge is 0.250 e. The standard InChI is InChI=1S/C19H21F2N3O2/c1-23-9-7-15(8-10-23)26-22-19(13-3-6-18(25)24(2)12-13)16-5-4-14(20)11-17(16)21/h3-6,11-12,15H,7-10H2,1-2H3/b22-19-. The molecule has 0 N–H and O–H groups in total. The van der Waals surface area contributed by atoms with Gasteiger partial charge in [0.25, 0.3) is 0 Å². The van der Waals surface area contributed by atoms with Crippen LogP contribution in [-0.4, -0.2) is 41.4 Å². The Labute approximate surface area is 150 Å². The molecule has 0 atom stereocenters. The van der Waals surface area contributed by atoms with Gasteiger partial charge in [-0.2, -0.15) is 0 Å². The monoisotopic (exact) mass is 361 g/mol. The van der Waals surface area contributed by atoms with Crippen molar-refractivity contribution in [3.8, 4) is 0 Å². The Morgan fingerprint density at radius 2 is 1.88 bits per heavy atom. The van der Waals surface area contributed by atoms with E-state index in [-0.39, 0.29) is 22.9 Å². The fourth-order valence-corrected chi connectivity index (χ4v) is 2.89. The van der Waals surface area contributed by atoms with E-state index in [9.17, 15) is 13.6 Å². The summed E-state index contributed by atoms with van der Waals surface area (Å²) < 4.78 is 29.0. The lowest BCUT2D eigenvalue weighted by atomic mass is 10.0. The van der Waals surface area contributed by atoms with Crippen molar-refractivity contribution in [2.75, 3.05) is 20.1 Å². The topological polar surface area (TPSA) is 46.8 Å². The number of hydrogen-bond acceptors (Lipinski definition) is 4. The lowest BCUT2D eigenvalue weighted by Crippen LogP contribution is -2.33. The van der Waals surface area contributed by atoms with Gasteiger partial charge in [0.1, 0.15) is 23.5 Å². The van der Waals surface area contributed by atoms with Crippen LogP contribution >= 0.6 is 0 Å². The van der Waals surface area contributed by atoms with E-state index in [1.807, 2.05) is 7.05 Å². The first-order chi connectivity index (χ1) is 12.4. The molecule has 1 aromatic heterocycles. The molecule has 2 aromatic rings. The molecule has 3 rings (SSSR count). The van der Waals surface area contributed by atoms with Crippen molar-refractivity contribution in [2.24, 2.45) is 12.2 Å². The van der Waals surface area contributed by atoms with Gasteiger partial charge < -0.3 is 14.3 Å². The van der Waals surface area contributed by atoms with Crippen LogP contribution < -0.4 is 5.56 Å². The van der Waals surface area contributed by atoms with Gasteiger partial charge in [0.15, 0.2) is 0 Å². The predicted octanol–water partition coefficient (Wildman–Crippen LogP) is 2.53. The van der Waals surface area contributed by atoms with Crippen molar-refractivity contribution >= 4 is 5.71 Å². The molecule has 2 heterocycles. The van der Waals surface area contributed by atoms with Crippen molar-refractivity contribution in [2.45, 2.75) is 18.9 Å². The number of oxime groups is 1. The van der Waals surface area contributed by atoms with Gasteiger partial charge in [0.2, 0.25) is 5.56 Å². The van der Waals surface area contributed by atoms with E-state index in [2.05, 4.69) is 10.1 Å². The molecule has 0 bridgehead atoms. The molecule has 0 spiro atoms. The number of benzene rings is 1. The van der Waals surface area contributed by atoms with E-state index in [1.165, 1.54) is 22.8 Å². The summed E-state index contributed by atoms with van der Waals surface area (Å²) in [6.07, 6.45) is 3.15. The Kier molecular flexibility index (Phi) is 5.46. The van der Waals surface area contributed by atoms with E-state index in [1.54, 1.807) is 19.3 Å². The van der Waals surface area contributed by atoms with Crippen LogP contribution in [0.15, 0.2) is 46.5 Å². The molecule has 0 unspecified atom stereocenters. The van der Waals surface area contributed by atoms with Crippen molar-refractivity contribution in [1.82, 2.24) is 9.47 Å². The molecule has 1 aliphatic rings. The minimum atomic E-state index is -0.732. The highest BCUT2D eigenvalue weighted by Gasteiger charge is 2.20. The number of aromatic nitrogens is 1. The highest BCUT2D eigenvalue weighted by Crippen LogP contribution is 2.18. The van der Waals surface area contributed by atoms with E-state index in [0.29, 0.717) is 5.56 Å². The fourth-order valence-electron chi connectivity index (χ4n) is 2.89. The number of piperidine rings is 1. The lowest BCUT2D eigenvalue weighted by Gasteiger charge is -2.27. The first-order valence-corrected chi connectivity index (χ1v) is 8.49. The summed E-state index contributed by atoms with van der Waals surface area (Å²) in [6, 6.07) is 6.24. The molecule has 0 radical (unpaired) electrons.